The summed E-state index contributed by atoms with van der Waals surface area (Å²) in [4.78, 5) is 6.50. The van der Waals surface area contributed by atoms with E-state index in [1.165, 1.54) is 31.2 Å². The van der Waals surface area contributed by atoms with Gasteiger partial charge in [-0.15, -0.1) is 0 Å². The number of hydrogen-bond donors (Lipinski definition) is 1. The van der Waals surface area contributed by atoms with Crippen molar-refractivity contribution in [2.24, 2.45) is 0 Å². The lowest BCUT2D eigenvalue weighted by molar-refractivity contribution is 0.199. The maximum atomic E-state index is 13.9. The van der Waals surface area contributed by atoms with Gasteiger partial charge in [0.15, 0.2) is 0 Å². The smallest absolute Gasteiger partial charge is 0.241 e. The first-order chi connectivity index (χ1) is 11.5. The number of piperidine rings is 1. The van der Waals surface area contributed by atoms with Crippen LogP contribution in [0.25, 0.3) is 10.9 Å². The Kier molecular flexibility index (Phi) is 4.02. The number of nitrogens with one attached hydrogen (secondary N) is 1. The molecule has 0 bridgehead atoms. The molecule has 1 N–H and O–H groups in total. The molecule has 0 spiro atoms. The second-order valence-electron chi connectivity index (χ2n) is 6.61. The fraction of sp³-hybridized carbons (Fsp3) is 0.471. The molecule has 0 atom stereocenters. The Morgan fingerprint density at radius 2 is 1.88 bits per heavy atom. The molecule has 5 nitrogen and oxygen atoms in total. The maximum Gasteiger partial charge on any atom is 0.241 e. The van der Waals surface area contributed by atoms with Gasteiger partial charge in [0.1, 0.15) is 11.3 Å². The van der Waals surface area contributed by atoms with Crippen LogP contribution in [0.4, 0.5) is 4.39 Å². The zero-order valence-corrected chi connectivity index (χ0v) is 14.1. The van der Waals surface area contributed by atoms with Crippen LogP contribution in [-0.4, -0.2) is 43.5 Å². The molecule has 2 heterocycles. The van der Waals surface area contributed by atoms with Crippen LogP contribution < -0.4 is 4.72 Å². The minimum absolute atomic E-state index is 0.0678. The monoisotopic (exact) mass is 349 g/mol. The van der Waals surface area contributed by atoms with Gasteiger partial charge in [0.05, 0.1) is 4.90 Å². The summed E-state index contributed by atoms with van der Waals surface area (Å²) >= 11 is 0. The highest BCUT2D eigenvalue weighted by Gasteiger charge is 2.33. The van der Waals surface area contributed by atoms with Gasteiger partial charge < -0.3 is 4.90 Å². The fourth-order valence-corrected chi connectivity index (χ4v) is 4.95. The van der Waals surface area contributed by atoms with Crippen molar-refractivity contribution in [2.45, 2.75) is 42.7 Å². The average Bonchev–Trinajstić information content (AvgIpc) is 3.40. The molecule has 1 aromatic heterocycles. The van der Waals surface area contributed by atoms with Crippen molar-refractivity contribution in [1.29, 1.82) is 0 Å². The number of sulfonamides is 1. The standard InChI is InChI=1S/C17H20FN3O2S/c18-15-5-6-16(14-2-1-9-19-17(14)15)24(22,23)20-12-7-10-21(11-8-12)13-3-4-13/h1-2,5-6,9,12-13,20H,3-4,7-8,10-11H2. The fourth-order valence-electron chi connectivity index (χ4n) is 3.45. The molecule has 0 amide bonds. The average molecular weight is 349 g/mol. The molecule has 1 aliphatic heterocycles. The first-order valence-corrected chi connectivity index (χ1v) is 9.82. The highest BCUT2D eigenvalue weighted by Crippen LogP contribution is 2.30. The van der Waals surface area contributed by atoms with Gasteiger partial charge in [-0.25, -0.2) is 17.5 Å². The van der Waals surface area contributed by atoms with Gasteiger partial charge in [-0.05, 0) is 63.0 Å². The van der Waals surface area contributed by atoms with Crippen molar-refractivity contribution >= 4 is 20.9 Å². The van der Waals surface area contributed by atoms with Gasteiger partial charge in [0.25, 0.3) is 0 Å². The summed E-state index contributed by atoms with van der Waals surface area (Å²) in [7, 11) is -3.70. The number of benzene rings is 1. The number of aromatic nitrogens is 1. The van der Waals surface area contributed by atoms with Crippen molar-refractivity contribution in [3.63, 3.8) is 0 Å². The van der Waals surface area contributed by atoms with E-state index in [0.29, 0.717) is 5.39 Å². The number of nitrogens with zero attached hydrogens (tertiary/aromatic N) is 2. The number of hydrogen-bond acceptors (Lipinski definition) is 4. The summed E-state index contributed by atoms with van der Waals surface area (Å²) in [6, 6.07) is 6.35. The van der Waals surface area contributed by atoms with E-state index in [1.54, 1.807) is 12.1 Å². The van der Waals surface area contributed by atoms with E-state index in [0.717, 1.165) is 32.0 Å². The summed E-state index contributed by atoms with van der Waals surface area (Å²) in [6.07, 6.45) is 5.62. The third-order valence-electron chi connectivity index (χ3n) is 4.88. The van der Waals surface area contributed by atoms with E-state index < -0.39 is 15.8 Å². The highest BCUT2D eigenvalue weighted by atomic mass is 32.2. The Balaban J connectivity index is 1.56. The SMILES string of the molecule is O=S(=O)(NC1CCN(C2CC2)CC1)c1ccc(F)c2ncccc12. The molecule has 2 fully saturated rings. The van der Waals surface area contributed by atoms with Crippen LogP contribution in [-0.2, 0) is 10.0 Å². The van der Waals surface area contributed by atoms with Crippen LogP contribution in [0.3, 0.4) is 0 Å². The van der Waals surface area contributed by atoms with Gasteiger partial charge in [0.2, 0.25) is 10.0 Å². The van der Waals surface area contributed by atoms with Crippen molar-refractivity contribution < 1.29 is 12.8 Å². The number of fused-ring (bicyclic) bond motifs is 1. The van der Waals surface area contributed by atoms with Crippen molar-refractivity contribution in [3.05, 3.63) is 36.3 Å². The van der Waals surface area contributed by atoms with E-state index in [1.807, 2.05) is 0 Å². The third-order valence-corrected chi connectivity index (χ3v) is 6.46. The molecule has 1 saturated heterocycles. The van der Waals surface area contributed by atoms with Crippen molar-refractivity contribution in [1.82, 2.24) is 14.6 Å². The van der Waals surface area contributed by atoms with Crippen molar-refractivity contribution in [2.75, 3.05) is 13.1 Å². The molecule has 0 radical (unpaired) electrons. The van der Waals surface area contributed by atoms with Gasteiger partial charge in [0, 0.05) is 23.7 Å². The normalized spacial score (nSPS) is 20.5. The first kappa shape index (κ1) is 15.9. The summed E-state index contributed by atoms with van der Waals surface area (Å²) in [6.45, 7) is 1.87. The Labute approximate surface area is 140 Å². The molecule has 1 saturated carbocycles. The molecule has 1 aliphatic carbocycles. The number of rotatable bonds is 4. The largest absolute Gasteiger partial charge is 0.300 e. The Morgan fingerprint density at radius 3 is 2.58 bits per heavy atom. The zero-order chi connectivity index (χ0) is 16.7. The van der Waals surface area contributed by atoms with Crippen LogP contribution in [0.15, 0.2) is 35.4 Å². The van der Waals surface area contributed by atoms with Gasteiger partial charge in [-0.3, -0.25) is 4.98 Å². The summed E-state index contributed by atoms with van der Waals surface area (Å²) in [5.41, 5.74) is 0.0870. The zero-order valence-electron chi connectivity index (χ0n) is 13.3. The minimum atomic E-state index is -3.70. The van der Waals surface area contributed by atoms with E-state index in [9.17, 15) is 12.8 Å². The number of halogens is 1. The minimum Gasteiger partial charge on any atom is -0.300 e. The molecular weight excluding hydrogens is 329 g/mol. The molecule has 1 aromatic carbocycles. The van der Waals surface area contributed by atoms with Gasteiger partial charge in [-0.1, -0.05) is 0 Å². The molecule has 0 unspecified atom stereocenters. The van der Waals surface area contributed by atoms with E-state index >= 15 is 0 Å². The summed E-state index contributed by atoms with van der Waals surface area (Å²) < 4.78 is 42.2. The summed E-state index contributed by atoms with van der Waals surface area (Å²) in [5, 5.41) is 0.320. The quantitative estimate of drug-likeness (QED) is 0.920. The predicted molar refractivity (Wildman–Crippen MR) is 89.6 cm³/mol. The molecule has 4 rings (SSSR count). The number of likely N-dealkylation sites (tertiary alicyclic amines) is 1. The van der Waals surface area contributed by atoms with Gasteiger partial charge in [-0.2, -0.15) is 0 Å². The lowest BCUT2D eigenvalue weighted by Gasteiger charge is -2.32. The molecular formula is C17H20FN3O2S. The van der Waals surface area contributed by atoms with Crippen LogP contribution in [0, 0.1) is 5.82 Å². The van der Waals surface area contributed by atoms with Crippen LogP contribution in [0.5, 0.6) is 0 Å². The van der Waals surface area contributed by atoms with E-state index in [-0.39, 0.29) is 16.5 Å². The Hall–Kier alpha value is -1.57. The molecule has 2 aromatic rings. The number of pyridine rings is 1. The van der Waals surface area contributed by atoms with E-state index in [4.69, 9.17) is 0 Å². The van der Waals surface area contributed by atoms with Gasteiger partial charge >= 0.3 is 0 Å². The maximum absolute atomic E-state index is 13.9. The second kappa shape index (κ2) is 6.06. The molecule has 128 valence electrons. The highest BCUT2D eigenvalue weighted by molar-refractivity contribution is 7.89. The third kappa shape index (κ3) is 3.03. The van der Waals surface area contributed by atoms with Crippen LogP contribution >= 0.6 is 0 Å². The molecule has 24 heavy (non-hydrogen) atoms. The lowest BCUT2D eigenvalue weighted by atomic mass is 10.1. The Bertz CT molecular complexity index is 859. The molecule has 7 heteroatoms. The lowest BCUT2D eigenvalue weighted by Crippen LogP contribution is -2.45. The predicted octanol–water partition coefficient (Wildman–Crippen LogP) is 2.28. The van der Waals surface area contributed by atoms with Crippen molar-refractivity contribution in [3.8, 4) is 0 Å². The van der Waals surface area contributed by atoms with E-state index in [2.05, 4.69) is 14.6 Å². The first-order valence-electron chi connectivity index (χ1n) is 8.34. The second-order valence-corrected chi connectivity index (χ2v) is 8.29. The Morgan fingerprint density at radius 1 is 1.12 bits per heavy atom. The van der Waals surface area contributed by atoms with Crippen LogP contribution in [0.2, 0.25) is 0 Å². The molecule has 2 aliphatic rings. The summed E-state index contributed by atoms with van der Waals surface area (Å²) in [5.74, 6) is -0.512. The van der Waals surface area contributed by atoms with Crippen LogP contribution in [0.1, 0.15) is 25.7 Å². The topological polar surface area (TPSA) is 62.3 Å².